The SMILES string of the molecule is CC1CCN(C(=O)c2ccccc2NC(=O)Cn2c(=O)[nH]c3ccccc32)CC1. The van der Waals surface area contributed by atoms with Crippen molar-refractivity contribution in [2.45, 2.75) is 26.3 Å². The van der Waals surface area contributed by atoms with Crippen molar-refractivity contribution in [1.29, 1.82) is 0 Å². The Labute approximate surface area is 168 Å². The number of hydrogen-bond donors (Lipinski definition) is 2. The molecular weight excluding hydrogens is 368 g/mol. The zero-order chi connectivity index (χ0) is 20.4. The molecule has 2 N–H and O–H groups in total. The fraction of sp³-hybridized carbons (Fsp3) is 0.318. The molecule has 2 aromatic carbocycles. The summed E-state index contributed by atoms with van der Waals surface area (Å²) >= 11 is 0. The van der Waals surface area contributed by atoms with Crippen LogP contribution in [0.2, 0.25) is 0 Å². The van der Waals surface area contributed by atoms with E-state index in [1.54, 1.807) is 36.4 Å². The van der Waals surface area contributed by atoms with Crippen molar-refractivity contribution in [2.24, 2.45) is 5.92 Å². The molecule has 0 atom stereocenters. The molecule has 150 valence electrons. The molecule has 4 rings (SSSR count). The van der Waals surface area contributed by atoms with Crippen LogP contribution in [0.4, 0.5) is 5.69 Å². The highest BCUT2D eigenvalue weighted by molar-refractivity contribution is 6.03. The molecule has 2 heterocycles. The van der Waals surface area contributed by atoms with Gasteiger partial charge in [0.2, 0.25) is 5.91 Å². The molecule has 0 radical (unpaired) electrons. The lowest BCUT2D eigenvalue weighted by Crippen LogP contribution is -2.38. The van der Waals surface area contributed by atoms with Crippen LogP contribution in [0.15, 0.2) is 53.3 Å². The minimum absolute atomic E-state index is 0.0722. The van der Waals surface area contributed by atoms with E-state index in [1.807, 2.05) is 17.0 Å². The van der Waals surface area contributed by atoms with Gasteiger partial charge in [-0.2, -0.15) is 0 Å². The van der Waals surface area contributed by atoms with E-state index >= 15 is 0 Å². The molecule has 1 saturated heterocycles. The van der Waals surface area contributed by atoms with Gasteiger partial charge in [0.25, 0.3) is 5.91 Å². The Bertz CT molecular complexity index is 1110. The van der Waals surface area contributed by atoms with E-state index < -0.39 is 0 Å². The Balaban J connectivity index is 1.52. The summed E-state index contributed by atoms with van der Waals surface area (Å²) < 4.78 is 1.39. The fourth-order valence-electron chi connectivity index (χ4n) is 3.76. The van der Waals surface area contributed by atoms with E-state index in [9.17, 15) is 14.4 Å². The number of anilines is 1. The number of rotatable bonds is 4. The van der Waals surface area contributed by atoms with Crippen LogP contribution in [0.3, 0.4) is 0 Å². The molecule has 0 saturated carbocycles. The van der Waals surface area contributed by atoms with Crippen LogP contribution < -0.4 is 11.0 Å². The number of amides is 2. The number of aromatic nitrogens is 2. The van der Waals surface area contributed by atoms with Gasteiger partial charge in [0.05, 0.1) is 22.3 Å². The highest BCUT2D eigenvalue weighted by Gasteiger charge is 2.23. The number of fused-ring (bicyclic) bond motifs is 1. The summed E-state index contributed by atoms with van der Waals surface area (Å²) in [5, 5.41) is 2.81. The van der Waals surface area contributed by atoms with Crippen LogP contribution in [0.25, 0.3) is 11.0 Å². The zero-order valence-electron chi connectivity index (χ0n) is 16.4. The molecule has 1 fully saturated rings. The number of aromatic amines is 1. The largest absolute Gasteiger partial charge is 0.339 e. The fourth-order valence-corrected chi connectivity index (χ4v) is 3.76. The van der Waals surface area contributed by atoms with Crippen LogP contribution in [0.1, 0.15) is 30.1 Å². The Morgan fingerprint density at radius 1 is 1.07 bits per heavy atom. The Hall–Kier alpha value is -3.35. The van der Waals surface area contributed by atoms with Crippen LogP contribution in [0.5, 0.6) is 0 Å². The summed E-state index contributed by atoms with van der Waals surface area (Å²) in [7, 11) is 0. The molecule has 7 heteroatoms. The smallest absolute Gasteiger partial charge is 0.326 e. The second-order valence-electron chi connectivity index (χ2n) is 7.60. The standard InChI is InChI=1S/C22H24N4O3/c1-15-10-12-25(13-11-15)21(28)16-6-2-3-7-17(16)23-20(27)14-26-19-9-5-4-8-18(19)24-22(26)29/h2-9,15H,10-14H2,1H3,(H,23,27)(H,24,29). The van der Waals surface area contributed by atoms with Gasteiger partial charge in [0.1, 0.15) is 6.54 Å². The molecule has 2 amide bonds. The zero-order valence-corrected chi connectivity index (χ0v) is 16.4. The van der Waals surface area contributed by atoms with E-state index in [2.05, 4.69) is 17.2 Å². The van der Waals surface area contributed by atoms with Gasteiger partial charge in [0, 0.05) is 13.1 Å². The minimum Gasteiger partial charge on any atom is -0.339 e. The van der Waals surface area contributed by atoms with Gasteiger partial charge in [0.15, 0.2) is 0 Å². The maximum absolute atomic E-state index is 13.0. The van der Waals surface area contributed by atoms with Gasteiger partial charge in [-0.1, -0.05) is 31.2 Å². The maximum atomic E-state index is 13.0. The van der Waals surface area contributed by atoms with Crippen molar-refractivity contribution in [3.8, 4) is 0 Å². The van der Waals surface area contributed by atoms with Crippen molar-refractivity contribution in [1.82, 2.24) is 14.5 Å². The first kappa shape index (κ1) is 19.0. The number of likely N-dealkylation sites (tertiary alicyclic amines) is 1. The van der Waals surface area contributed by atoms with Crippen LogP contribution in [-0.4, -0.2) is 39.4 Å². The summed E-state index contributed by atoms with van der Waals surface area (Å²) in [5.74, 6) is 0.199. The highest BCUT2D eigenvalue weighted by Crippen LogP contribution is 2.22. The van der Waals surface area contributed by atoms with Gasteiger partial charge in [-0.25, -0.2) is 4.79 Å². The molecule has 1 aliphatic heterocycles. The molecule has 0 spiro atoms. The number of piperidine rings is 1. The first-order valence-corrected chi connectivity index (χ1v) is 9.88. The second-order valence-corrected chi connectivity index (χ2v) is 7.60. The molecule has 0 bridgehead atoms. The number of carbonyl (C=O) groups excluding carboxylic acids is 2. The van der Waals surface area contributed by atoms with Crippen molar-refractivity contribution < 1.29 is 9.59 Å². The molecule has 1 aromatic heterocycles. The summed E-state index contributed by atoms with van der Waals surface area (Å²) in [6.07, 6.45) is 1.98. The van der Waals surface area contributed by atoms with Gasteiger partial charge >= 0.3 is 5.69 Å². The Morgan fingerprint density at radius 2 is 1.76 bits per heavy atom. The van der Waals surface area contributed by atoms with Crippen LogP contribution in [0, 0.1) is 5.92 Å². The van der Waals surface area contributed by atoms with Crippen molar-refractivity contribution >= 4 is 28.5 Å². The van der Waals surface area contributed by atoms with Gasteiger partial charge in [-0.3, -0.25) is 14.2 Å². The Kier molecular flexibility index (Phi) is 5.20. The Morgan fingerprint density at radius 3 is 2.55 bits per heavy atom. The maximum Gasteiger partial charge on any atom is 0.326 e. The average Bonchev–Trinajstić information content (AvgIpc) is 3.03. The summed E-state index contributed by atoms with van der Waals surface area (Å²) in [4.78, 5) is 42.4. The third-order valence-electron chi connectivity index (χ3n) is 5.49. The van der Waals surface area contributed by atoms with E-state index in [0.29, 0.717) is 28.2 Å². The third kappa shape index (κ3) is 3.94. The lowest BCUT2D eigenvalue weighted by molar-refractivity contribution is -0.116. The first-order valence-electron chi connectivity index (χ1n) is 9.88. The van der Waals surface area contributed by atoms with Crippen molar-refractivity contribution in [3.05, 3.63) is 64.6 Å². The van der Waals surface area contributed by atoms with Gasteiger partial charge in [-0.05, 0) is 43.0 Å². The quantitative estimate of drug-likeness (QED) is 0.716. The summed E-state index contributed by atoms with van der Waals surface area (Å²) in [6, 6.07) is 14.2. The molecule has 7 nitrogen and oxygen atoms in total. The monoisotopic (exact) mass is 392 g/mol. The van der Waals surface area contributed by atoms with E-state index in [0.717, 1.165) is 25.9 Å². The second kappa shape index (κ2) is 7.95. The lowest BCUT2D eigenvalue weighted by atomic mass is 9.98. The van der Waals surface area contributed by atoms with E-state index in [4.69, 9.17) is 0 Å². The molecule has 29 heavy (non-hydrogen) atoms. The number of para-hydroxylation sites is 3. The van der Waals surface area contributed by atoms with Crippen molar-refractivity contribution in [2.75, 3.05) is 18.4 Å². The first-order chi connectivity index (χ1) is 14.0. The lowest BCUT2D eigenvalue weighted by Gasteiger charge is -2.30. The number of imidazole rings is 1. The molecule has 1 aliphatic rings. The average molecular weight is 392 g/mol. The number of H-pyrrole nitrogens is 1. The normalized spacial score (nSPS) is 14.9. The highest BCUT2D eigenvalue weighted by atomic mass is 16.2. The van der Waals surface area contributed by atoms with Gasteiger partial charge < -0.3 is 15.2 Å². The van der Waals surface area contributed by atoms with Crippen LogP contribution in [-0.2, 0) is 11.3 Å². The molecule has 0 unspecified atom stereocenters. The number of hydrogen-bond acceptors (Lipinski definition) is 3. The number of carbonyl (C=O) groups is 2. The summed E-state index contributed by atoms with van der Waals surface area (Å²) in [6.45, 7) is 3.52. The third-order valence-corrected chi connectivity index (χ3v) is 5.49. The van der Waals surface area contributed by atoms with E-state index in [-0.39, 0.29) is 24.0 Å². The van der Waals surface area contributed by atoms with Crippen molar-refractivity contribution in [3.63, 3.8) is 0 Å². The van der Waals surface area contributed by atoms with Gasteiger partial charge in [-0.15, -0.1) is 0 Å². The predicted molar refractivity (Wildman–Crippen MR) is 112 cm³/mol. The van der Waals surface area contributed by atoms with E-state index in [1.165, 1.54) is 4.57 Å². The van der Waals surface area contributed by atoms with Crippen LogP contribution >= 0.6 is 0 Å². The number of benzene rings is 2. The number of nitrogens with one attached hydrogen (secondary N) is 2. The molecule has 3 aromatic rings. The summed E-state index contributed by atoms with van der Waals surface area (Å²) in [5.41, 5.74) is 1.95. The number of nitrogens with zero attached hydrogens (tertiary/aromatic N) is 2. The minimum atomic E-state index is -0.357. The molecule has 0 aliphatic carbocycles. The predicted octanol–water partition coefficient (Wildman–Crippen LogP) is 2.84. The topological polar surface area (TPSA) is 87.2 Å². The molecular formula is C22H24N4O3.